The van der Waals surface area contributed by atoms with Crippen molar-refractivity contribution in [2.75, 3.05) is 0 Å². The molecule has 0 fully saturated rings. The molecular formula is C13H15NO. The van der Waals surface area contributed by atoms with Crippen molar-refractivity contribution < 1.29 is 4.79 Å². The Labute approximate surface area is 90.3 Å². The number of carbonyl (C=O) groups is 1. The lowest BCUT2D eigenvalue weighted by Gasteiger charge is -2.01. The molecule has 0 unspecified atom stereocenters. The topological polar surface area (TPSA) is 29.1 Å². The largest absolute Gasteiger partial charge is 0.348 e. The first-order valence-electron chi connectivity index (χ1n) is 4.94. The van der Waals surface area contributed by atoms with Crippen molar-refractivity contribution in [1.82, 2.24) is 5.32 Å². The molecule has 15 heavy (non-hydrogen) atoms. The van der Waals surface area contributed by atoms with Crippen molar-refractivity contribution in [3.63, 3.8) is 0 Å². The Balaban J connectivity index is 2.35. The van der Waals surface area contributed by atoms with Gasteiger partial charge in [0.25, 0.3) is 0 Å². The quantitative estimate of drug-likeness (QED) is 0.588. The lowest BCUT2D eigenvalue weighted by atomic mass is 10.2. The Kier molecular flexibility index (Phi) is 4.95. The number of nitrogens with one attached hydrogen (secondary N) is 1. The van der Waals surface area contributed by atoms with Gasteiger partial charge in [-0.15, -0.1) is 0 Å². The van der Waals surface area contributed by atoms with Gasteiger partial charge in [-0.3, -0.25) is 4.79 Å². The minimum Gasteiger partial charge on any atom is -0.348 e. The van der Waals surface area contributed by atoms with E-state index < -0.39 is 0 Å². The first-order chi connectivity index (χ1) is 7.33. The first kappa shape index (κ1) is 11.2. The highest BCUT2D eigenvalue weighted by molar-refractivity contribution is 5.87. The van der Waals surface area contributed by atoms with Gasteiger partial charge in [0.2, 0.25) is 5.91 Å². The molecule has 0 radical (unpaired) electrons. The minimum absolute atomic E-state index is 0.0723. The molecule has 1 N–H and O–H groups in total. The molecule has 2 nitrogen and oxygen atoms in total. The Morgan fingerprint density at radius 1 is 1.27 bits per heavy atom. The number of amides is 1. The van der Waals surface area contributed by atoms with Crippen LogP contribution in [0.25, 0.3) is 0 Å². The molecule has 1 aromatic carbocycles. The summed E-state index contributed by atoms with van der Waals surface area (Å²) < 4.78 is 0. The van der Waals surface area contributed by atoms with Crippen LogP contribution in [-0.2, 0) is 11.3 Å². The van der Waals surface area contributed by atoms with Gasteiger partial charge >= 0.3 is 0 Å². The van der Waals surface area contributed by atoms with E-state index in [-0.39, 0.29) is 5.91 Å². The van der Waals surface area contributed by atoms with E-state index in [0.29, 0.717) is 6.54 Å². The van der Waals surface area contributed by atoms with E-state index in [1.807, 2.05) is 49.4 Å². The number of hydrogen-bond acceptors (Lipinski definition) is 1. The molecule has 1 aromatic rings. The second-order valence-corrected chi connectivity index (χ2v) is 3.09. The molecule has 0 bridgehead atoms. The fourth-order valence-electron chi connectivity index (χ4n) is 1.10. The maximum Gasteiger partial charge on any atom is 0.244 e. The van der Waals surface area contributed by atoms with Crippen LogP contribution < -0.4 is 5.32 Å². The summed E-state index contributed by atoms with van der Waals surface area (Å²) in [5.74, 6) is -0.0723. The molecule has 0 aliphatic heterocycles. The highest BCUT2D eigenvalue weighted by Gasteiger charge is 1.94. The van der Waals surface area contributed by atoms with Gasteiger partial charge in [0.05, 0.1) is 0 Å². The summed E-state index contributed by atoms with van der Waals surface area (Å²) in [6.45, 7) is 2.48. The summed E-state index contributed by atoms with van der Waals surface area (Å²) in [5.41, 5.74) is 1.10. The van der Waals surface area contributed by atoms with Crippen LogP contribution in [0.2, 0.25) is 0 Å². The molecule has 0 saturated heterocycles. The number of rotatable bonds is 4. The van der Waals surface area contributed by atoms with Gasteiger partial charge in [0, 0.05) is 12.6 Å². The maximum atomic E-state index is 11.3. The third kappa shape index (κ3) is 4.81. The number of carbonyl (C=O) groups excluding carboxylic acids is 1. The molecule has 0 aromatic heterocycles. The van der Waals surface area contributed by atoms with Gasteiger partial charge in [0.1, 0.15) is 0 Å². The summed E-state index contributed by atoms with van der Waals surface area (Å²) in [6, 6.07) is 9.83. The standard InChI is InChI=1S/C13H15NO/c1-2-3-5-10-13(15)14-11-12-8-6-4-7-9-12/h2-10H,11H2,1H3,(H,14,15). The van der Waals surface area contributed by atoms with E-state index in [2.05, 4.69) is 5.32 Å². The predicted octanol–water partition coefficient (Wildman–Crippen LogP) is 2.44. The van der Waals surface area contributed by atoms with Gasteiger partial charge in [-0.05, 0) is 12.5 Å². The van der Waals surface area contributed by atoms with Crippen LogP contribution in [0.15, 0.2) is 54.6 Å². The molecular weight excluding hydrogens is 186 g/mol. The average molecular weight is 201 g/mol. The van der Waals surface area contributed by atoms with Crippen LogP contribution in [0.1, 0.15) is 12.5 Å². The van der Waals surface area contributed by atoms with E-state index >= 15 is 0 Å². The lowest BCUT2D eigenvalue weighted by Crippen LogP contribution is -2.20. The van der Waals surface area contributed by atoms with Crippen molar-refractivity contribution in [1.29, 1.82) is 0 Å². The third-order valence-corrected chi connectivity index (χ3v) is 1.86. The number of hydrogen-bond donors (Lipinski definition) is 1. The Bertz CT molecular complexity index is 352. The highest BCUT2D eigenvalue weighted by Crippen LogP contribution is 1.96. The summed E-state index contributed by atoms with van der Waals surface area (Å²) >= 11 is 0. The molecule has 1 rings (SSSR count). The van der Waals surface area contributed by atoms with Crippen molar-refractivity contribution in [3.8, 4) is 0 Å². The van der Waals surface area contributed by atoms with Crippen molar-refractivity contribution in [2.24, 2.45) is 0 Å². The smallest absolute Gasteiger partial charge is 0.244 e. The van der Waals surface area contributed by atoms with E-state index in [9.17, 15) is 4.79 Å². The number of benzene rings is 1. The zero-order valence-electron chi connectivity index (χ0n) is 8.81. The summed E-state index contributed by atoms with van der Waals surface area (Å²) in [5, 5.41) is 2.80. The maximum absolute atomic E-state index is 11.3. The van der Waals surface area contributed by atoms with Gasteiger partial charge in [0.15, 0.2) is 0 Å². The van der Waals surface area contributed by atoms with Crippen LogP contribution in [-0.4, -0.2) is 5.91 Å². The van der Waals surface area contributed by atoms with E-state index in [1.165, 1.54) is 6.08 Å². The van der Waals surface area contributed by atoms with Gasteiger partial charge in [-0.2, -0.15) is 0 Å². The fourth-order valence-corrected chi connectivity index (χ4v) is 1.10. The first-order valence-corrected chi connectivity index (χ1v) is 4.94. The molecule has 0 atom stereocenters. The Morgan fingerprint density at radius 3 is 2.67 bits per heavy atom. The van der Waals surface area contributed by atoms with Crippen molar-refractivity contribution in [2.45, 2.75) is 13.5 Å². The summed E-state index contributed by atoms with van der Waals surface area (Å²) in [6.07, 6.45) is 6.94. The second-order valence-electron chi connectivity index (χ2n) is 3.09. The van der Waals surface area contributed by atoms with E-state index in [1.54, 1.807) is 6.08 Å². The number of allylic oxidation sites excluding steroid dienone is 3. The van der Waals surface area contributed by atoms with Gasteiger partial charge in [-0.25, -0.2) is 0 Å². The molecule has 0 aliphatic rings. The summed E-state index contributed by atoms with van der Waals surface area (Å²) in [4.78, 5) is 11.3. The van der Waals surface area contributed by atoms with E-state index in [0.717, 1.165) is 5.56 Å². The lowest BCUT2D eigenvalue weighted by molar-refractivity contribution is -0.116. The zero-order valence-corrected chi connectivity index (χ0v) is 8.81. The van der Waals surface area contributed by atoms with Crippen LogP contribution in [0.5, 0.6) is 0 Å². The van der Waals surface area contributed by atoms with Gasteiger partial charge < -0.3 is 5.32 Å². The normalized spacial score (nSPS) is 11.0. The molecule has 1 amide bonds. The van der Waals surface area contributed by atoms with E-state index in [4.69, 9.17) is 0 Å². The Hall–Kier alpha value is -1.83. The van der Waals surface area contributed by atoms with Crippen molar-refractivity contribution in [3.05, 3.63) is 60.2 Å². The summed E-state index contributed by atoms with van der Waals surface area (Å²) in [7, 11) is 0. The molecule has 78 valence electrons. The monoisotopic (exact) mass is 201 g/mol. The average Bonchev–Trinajstić information content (AvgIpc) is 2.28. The van der Waals surface area contributed by atoms with Gasteiger partial charge in [-0.1, -0.05) is 48.6 Å². The molecule has 0 heterocycles. The minimum atomic E-state index is -0.0723. The highest BCUT2D eigenvalue weighted by atomic mass is 16.1. The van der Waals surface area contributed by atoms with Crippen LogP contribution in [0.3, 0.4) is 0 Å². The molecule has 0 spiro atoms. The molecule has 0 aliphatic carbocycles. The third-order valence-electron chi connectivity index (χ3n) is 1.86. The predicted molar refractivity (Wildman–Crippen MR) is 62.2 cm³/mol. The molecule has 2 heteroatoms. The fraction of sp³-hybridized carbons (Fsp3) is 0.154. The van der Waals surface area contributed by atoms with Crippen LogP contribution in [0, 0.1) is 0 Å². The zero-order chi connectivity index (χ0) is 10.9. The SMILES string of the molecule is CC=CC=CC(=O)NCc1ccccc1. The van der Waals surface area contributed by atoms with Crippen LogP contribution in [0.4, 0.5) is 0 Å². The second kappa shape index (κ2) is 6.60. The van der Waals surface area contributed by atoms with Crippen LogP contribution >= 0.6 is 0 Å². The van der Waals surface area contributed by atoms with Crippen molar-refractivity contribution >= 4 is 5.91 Å². The Morgan fingerprint density at radius 2 is 2.00 bits per heavy atom. The molecule has 0 saturated carbocycles.